The van der Waals surface area contributed by atoms with Crippen LogP contribution in [0, 0.1) is 12.8 Å². The van der Waals surface area contributed by atoms with Crippen molar-refractivity contribution >= 4 is 17.3 Å². The number of nitrogens with zero attached hydrogens (tertiary/aromatic N) is 3. The molecule has 2 fully saturated rings. The van der Waals surface area contributed by atoms with E-state index in [-0.39, 0.29) is 6.17 Å². The fraction of sp³-hybridized carbons (Fsp3) is 0.350. The van der Waals surface area contributed by atoms with Crippen molar-refractivity contribution < 1.29 is 4.79 Å². The molecule has 1 aliphatic carbocycles. The van der Waals surface area contributed by atoms with Crippen molar-refractivity contribution in [3.8, 4) is 0 Å². The highest BCUT2D eigenvalue weighted by atomic mass is 16.1. The molecule has 6 heteroatoms. The summed E-state index contributed by atoms with van der Waals surface area (Å²) in [7, 11) is 0. The molecule has 1 unspecified atom stereocenters. The first kappa shape index (κ1) is 15.4. The number of nitrogens with one attached hydrogen (secondary N) is 1. The molecule has 3 atom stereocenters. The second kappa shape index (κ2) is 5.56. The standard InChI is InChI=1S/C20H21N5O/c1-11-3-2-4-16(23-11)17-18(14-7-8-22-10-15(14)19(21)26)25-13-6-5-12(9-13)20(25)24-17/h2-4,7-8,10,12-13,20,24H,5-6,9H2,1H3,(H2,21,26)/t12-,13-,20?/m1/s1. The molecule has 6 nitrogen and oxygen atoms in total. The molecule has 2 bridgehead atoms. The smallest absolute Gasteiger partial charge is 0.250 e. The first-order valence-corrected chi connectivity index (χ1v) is 9.11. The molecule has 3 aliphatic rings. The maximum atomic E-state index is 12.0. The summed E-state index contributed by atoms with van der Waals surface area (Å²) in [5.41, 5.74) is 10.8. The minimum absolute atomic E-state index is 0.273. The number of aryl methyl sites for hydroxylation is 1. The lowest BCUT2D eigenvalue weighted by atomic mass is 10.0. The highest BCUT2D eigenvalue weighted by Crippen LogP contribution is 2.50. The van der Waals surface area contributed by atoms with Gasteiger partial charge in [0.1, 0.15) is 6.17 Å². The second-order valence-corrected chi connectivity index (χ2v) is 7.40. The Morgan fingerprint density at radius 2 is 2.19 bits per heavy atom. The van der Waals surface area contributed by atoms with Crippen molar-refractivity contribution in [3.05, 3.63) is 59.2 Å². The first-order valence-electron chi connectivity index (χ1n) is 9.11. The maximum absolute atomic E-state index is 12.0. The van der Waals surface area contributed by atoms with E-state index in [1.807, 2.05) is 31.2 Å². The number of carbonyl (C=O) groups excluding carboxylic acids is 1. The van der Waals surface area contributed by atoms with Gasteiger partial charge in [-0.25, -0.2) is 0 Å². The zero-order valence-corrected chi connectivity index (χ0v) is 14.6. The molecule has 26 heavy (non-hydrogen) atoms. The summed E-state index contributed by atoms with van der Waals surface area (Å²) < 4.78 is 0. The fourth-order valence-electron chi connectivity index (χ4n) is 4.79. The van der Waals surface area contributed by atoms with Gasteiger partial charge in [-0.1, -0.05) is 6.07 Å². The summed E-state index contributed by atoms with van der Waals surface area (Å²) in [5, 5.41) is 3.71. The predicted octanol–water partition coefficient (Wildman–Crippen LogP) is 2.12. The summed E-state index contributed by atoms with van der Waals surface area (Å²) in [6.45, 7) is 1.99. The molecule has 2 aliphatic heterocycles. The maximum Gasteiger partial charge on any atom is 0.250 e. The third-order valence-corrected chi connectivity index (χ3v) is 5.86. The van der Waals surface area contributed by atoms with Crippen LogP contribution in [0.3, 0.4) is 0 Å². The largest absolute Gasteiger partial charge is 0.366 e. The zero-order chi connectivity index (χ0) is 17.8. The van der Waals surface area contributed by atoms with Crippen LogP contribution in [0.15, 0.2) is 36.7 Å². The lowest BCUT2D eigenvalue weighted by molar-refractivity contribution is 0.0999. The molecule has 132 valence electrons. The molecule has 0 radical (unpaired) electrons. The molecule has 3 N–H and O–H groups in total. The summed E-state index contributed by atoms with van der Waals surface area (Å²) in [6.07, 6.45) is 7.20. The highest BCUT2D eigenvalue weighted by molar-refractivity contribution is 6.02. The molecular formula is C20H21N5O. The third-order valence-electron chi connectivity index (χ3n) is 5.86. The van der Waals surface area contributed by atoms with Crippen LogP contribution >= 0.6 is 0 Å². The first-order chi connectivity index (χ1) is 12.6. The molecule has 1 saturated heterocycles. The minimum Gasteiger partial charge on any atom is -0.366 e. The number of rotatable bonds is 3. The molecule has 1 amide bonds. The van der Waals surface area contributed by atoms with E-state index in [1.165, 1.54) is 19.3 Å². The van der Waals surface area contributed by atoms with Crippen LogP contribution in [-0.4, -0.2) is 33.0 Å². The number of hydrogen-bond donors (Lipinski definition) is 2. The average molecular weight is 347 g/mol. The number of nitrogens with two attached hydrogens (primary N) is 1. The number of amides is 1. The van der Waals surface area contributed by atoms with Gasteiger partial charge in [0.15, 0.2) is 0 Å². The summed E-state index contributed by atoms with van der Waals surface area (Å²) in [5.74, 6) is 0.182. The summed E-state index contributed by atoms with van der Waals surface area (Å²) >= 11 is 0. The van der Waals surface area contributed by atoms with Gasteiger partial charge in [-0.05, 0) is 50.3 Å². The van der Waals surface area contributed by atoms with Crippen LogP contribution in [0.2, 0.25) is 0 Å². The van der Waals surface area contributed by atoms with E-state index in [2.05, 4.69) is 15.2 Å². The predicted molar refractivity (Wildman–Crippen MR) is 98.4 cm³/mol. The van der Waals surface area contributed by atoms with E-state index in [0.29, 0.717) is 17.5 Å². The van der Waals surface area contributed by atoms with Crippen LogP contribution in [0.1, 0.15) is 46.6 Å². The number of carbonyl (C=O) groups is 1. The molecule has 5 rings (SSSR count). The van der Waals surface area contributed by atoms with Crippen molar-refractivity contribution in [1.82, 2.24) is 20.2 Å². The van der Waals surface area contributed by atoms with Crippen molar-refractivity contribution in [2.45, 2.75) is 38.4 Å². The number of fused-ring (bicyclic) bond motifs is 5. The number of aromatic nitrogens is 2. The minimum atomic E-state index is -0.454. The van der Waals surface area contributed by atoms with Gasteiger partial charge < -0.3 is 16.0 Å². The van der Waals surface area contributed by atoms with Crippen LogP contribution in [0.25, 0.3) is 11.4 Å². The van der Waals surface area contributed by atoms with E-state index in [0.717, 1.165) is 28.3 Å². The van der Waals surface area contributed by atoms with E-state index in [4.69, 9.17) is 10.7 Å². The van der Waals surface area contributed by atoms with Gasteiger partial charge in [-0.2, -0.15) is 0 Å². The Hall–Kier alpha value is -2.89. The van der Waals surface area contributed by atoms with Crippen LogP contribution in [-0.2, 0) is 0 Å². The number of pyridine rings is 2. The van der Waals surface area contributed by atoms with Gasteiger partial charge in [0, 0.05) is 29.7 Å². The van der Waals surface area contributed by atoms with Gasteiger partial charge in [0.05, 0.1) is 22.7 Å². The Morgan fingerprint density at radius 1 is 1.31 bits per heavy atom. The lowest BCUT2D eigenvalue weighted by Gasteiger charge is -2.33. The Labute approximate surface area is 152 Å². The van der Waals surface area contributed by atoms with Crippen LogP contribution < -0.4 is 11.1 Å². The summed E-state index contributed by atoms with van der Waals surface area (Å²) in [4.78, 5) is 23.3. The molecule has 1 saturated carbocycles. The van der Waals surface area contributed by atoms with Gasteiger partial charge in [-0.15, -0.1) is 0 Å². The van der Waals surface area contributed by atoms with Gasteiger partial charge in [0.2, 0.25) is 0 Å². The van der Waals surface area contributed by atoms with Crippen LogP contribution in [0.4, 0.5) is 0 Å². The van der Waals surface area contributed by atoms with Crippen molar-refractivity contribution in [2.24, 2.45) is 11.7 Å². The van der Waals surface area contributed by atoms with Crippen LogP contribution in [0.5, 0.6) is 0 Å². The van der Waals surface area contributed by atoms with Crippen molar-refractivity contribution in [3.63, 3.8) is 0 Å². The Balaban J connectivity index is 1.73. The van der Waals surface area contributed by atoms with Crippen molar-refractivity contribution in [2.75, 3.05) is 0 Å². The number of piperidine rings is 1. The number of hydrogen-bond acceptors (Lipinski definition) is 5. The second-order valence-electron chi connectivity index (χ2n) is 7.40. The van der Waals surface area contributed by atoms with E-state index in [9.17, 15) is 4.79 Å². The van der Waals surface area contributed by atoms with Gasteiger partial charge in [0.25, 0.3) is 5.91 Å². The van der Waals surface area contributed by atoms with E-state index < -0.39 is 5.91 Å². The third kappa shape index (κ3) is 2.14. The Kier molecular flexibility index (Phi) is 3.29. The van der Waals surface area contributed by atoms with Gasteiger partial charge >= 0.3 is 0 Å². The molecular weight excluding hydrogens is 326 g/mol. The van der Waals surface area contributed by atoms with E-state index in [1.54, 1.807) is 12.4 Å². The highest BCUT2D eigenvalue weighted by Gasteiger charge is 2.51. The monoisotopic (exact) mass is 347 g/mol. The molecule has 2 aromatic heterocycles. The topological polar surface area (TPSA) is 84.1 Å². The summed E-state index contributed by atoms with van der Waals surface area (Å²) in [6, 6.07) is 8.42. The SMILES string of the molecule is Cc1cccc(C2=C(c3ccncc3C(N)=O)N3C(N2)[C@@H]2CC[C@@H]3C2)n1. The normalized spacial score (nSPS) is 26.2. The fourth-order valence-corrected chi connectivity index (χ4v) is 4.79. The Morgan fingerprint density at radius 3 is 3.00 bits per heavy atom. The molecule has 2 aromatic rings. The zero-order valence-electron chi connectivity index (χ0n) is 14.6. The molecule has 4 heterocycles. The van der Waals surface area contributed by atoms with Crippen molar-refractivity contribution in [1.29, 1.82) is 0 Å². The van der Waals surface area contributed by atoms with E-state index >= 15 is 0 Å². The molecule has 0 aromatic carbocycles. The quantitative estimate of drug-likeness (QED) is 0.888. The lowest BCUT2D eigenvalue weighted by Crippen LogP contribution is -2.42. The van der Waals surface area contributed by atoms with Gasteiger partial charge in [-0.3, -0.25) is 14.8 Å². The molecule has 0 spiro atoms. The average Bonchev–Trinajstić information content (AvgIpc) is 3.33. The Bertz CT molecular complexity index is 937. The number of primary amides is 1.